The average molecular weight is 320 g/mol. The number of allylic oxidation sites excluding steroid dienone is 2. The highest BCUT2D eigenvalue weighted by Gasteiger charge is 2.40. The standard InChI is InChI=1S/C20H20N2O2/c1-2-13-10-11-18-17(12-13)14-7-5-8-15(14)20(21-18)16-6-3-4-9-19(16)22(23)24/h3-7,9-12,14-15,20-21H,2,8H2,1H3/t14-,15-,20+/m1/s1. The van der Waals surface area contributed by atoms with Crippen molar-refractivity contribution in [2.75, 3.05) is 5.32 Å². The van der Waals surface area contributed by atoms with Gasteiger partial charge in [-0.2, -0.15) is 0 Å². The van der Waals surface area contributed by atoms with E-state index in [9.17, 15) is 10.1 Å². The van der Waals surface area contributed by atoms with Gasteiger partial charge in [-0.3, -0.25) is 10.1 Å². The van der Waals surface area contributed by atoms with Crippen LogP contribution < -0.4 is 5.32 Å². The molecule has 0 fully saturated rings. The molecule has 4 heteroatoms. The number of nitro groups is 1. The van der Waals surface area contributed by atoms with Crippen molar-refractivity contribution >= 4 is 11.4 Å². The molecule has 3 atom stereocenters. The van der Waals surface area contributed by atoms with Gasteiger partial charge in [0.05, 0.1) is 16.5 Å². The summed E-state index contributed by atoms with van der Waals surface area (Å²) in [7, 11) is 0. The zero-order valence-electron chi connectivity index (χ0n) is 13.6. The highest BCUT2D eigenvalue weighted by Crippen LogP contribution is 2.51. The number of nitrogens with one attached hydrogen (secondary N) is 1. The van der Waals surface area contributed by atoms with Gasteiger partial charge >= 0.3 is 0 Å². The lowest BCUT2D eigenvalue weighted by atomic mass is 9.76. The Morgan fingerprint density at radius 2 is 2.04 bits per heavy atom. The minimum Gasteiger partial charge on any atom is -0.377 e. The molecule has 1 heterocycles. The van der Waals surface area contributed by atoms with Crippen molar-refractivity contribution in [3.05, 3.63) is 81.4 Å². The number of benzene rings is 2. The van der Waals surface area contributed by atoms with Crippen molar-refractivity contribution in [1.29, 1.82) is 0 Å². The lowest BCUT2D eigenvalue weighted by molar-refractivity contribution is -0.385. The summed E-state index contributed by atoms with van der Waals surface area (Å²) in [5.74, 6) is 0.656. The van der Waals surface area contributed by atoms with Gasteiger partial charge in [0.1, 0.15) is 0 Å². The van der Waals surface area contributed by atoms with Crippen molar-refractivity contribution in [3.63, 3.8) is 0 Å². The first-order valence-electron chi connectivity index (χ1n) is 8.48. The largest absolute Gasteiger partial charge is 0.377 e. The lowest BCUT2D eigenvalue weighted by Gasteiger charge is -2.37. The van der Waals surface area contributed by atoms with Gasteiger partial charge in [0.2, 0.25) is 0 Å². The van der Waals surface area contributed by atoms with Crippen LogP contribution in [0, 0.1) is 16.0 Å². The van der Waals surface area contributed by atoms with Crippen molar-refractivity contribution in [2.45, 2.75) is 31.7 Å². The number of fused-ring (bicyclic) bond motifs is 3. The Bertz CT molecular complexity index is 828. The van der Waals surface area contributed by atoms with E-state index in [0.717, 1.165) is 24.1 Å². The Labute approximate surface area is 141 Å². The highest BCUT2D eigenvalue weighted by atomic mass is 16.6. The number of anilines is 1. The van der Waals surface area contributed by atoms with Crippen molar-refractivity contribution < 1.29 is 4.92 Å². The molecule has 2 aromatic carbocycles. The molecular weight excluding hydrogens is 300 g/mol. The third kappa shape index (κ3) is 2.30. The highest BCUT2D eigenvalue weighted by molar-refractivity contribution is 5.62. The zero-order valence-corrected chi connectivity index (χ0v) is 13.6. The number of para-hydroxylation sites is 1. The van der Waals surface area contributed by atoms with Gasteiger partial charge in [-0.25, -0.2) is 0 Å². The molecule has 122 valence electrons. The van der Waals surface area contributed by atoms with Crippen LogP contribution in [0.3, 0.4) is 0 Å². The zero-order chi connectivity index (χ0) is 16.7. The summed E-state index contributed by atoms with van der Waals surface area (Å²) in [6.45, 7) is 2.16. The molecule has 0 unspecified atom stereocenters. The molecule has 1 aliphatic carbocycles. The number of aryl methyl sites for hydroxylation is 1. The lowest BCUT2D eigenvalue weighted by Crippen LogP contribution is -2.29. The normalized spacial score (nSPS) is 24.1. The van der Waals surface area contributed by atoms with E-state index >= 15 is 0 Å². The SMILES string of the molecule is CCc1ccc2c(c1)[C@@H]1C=CC[C@H]1[C@@H](c1ccccc1[N+](=O)[O-])N2. The Kier molecular flexibility index (Phi) is 3.60. The molecule has 0 spiro atoms. The van der Waals surface area contributed by atoms with Gasteiger partial charge in [0.15, 0.2) is 0 Å². The third-order valence-corrected chi connectivity index (χ3v) is 5.30. The fourth-order valence-electron chi connectivity index (χ4n) is 4.09. The summed E-state index contributed by atoms with van der Waals surface area (Å²) in [6.07, 6.45) is 6.45. The van der Waals surface area contributed by atoms with E-state index in [0.29, 0.717) is 11.8 Å². The number of hydrogen-bond donors (Lipinski definition) is 1. The molecule has 1 aliphatic heterocycles. The average Bonchev–Trinajstić information content (AvgIpc) is 3.10. The van der Waals surface area contributed by atoms with Gasteiger partial charge in [0.25, 0.3) is 5.69 Å². The molecule has 2 aliphatic rings. The number of nitrogens with zero attached hydrogens (tertiary/aromatic N) is 1. The van der Waals surface area contributed by atoms with E-state index in [1.165, 1.54) is 11.1 Å². The minimum absolute atomic E-state index is 0.0356. The Morgan fingerprint density at radius 1 is 1.21 bits per heavy atom. The molecular formula is C20H20N2O2. The molecule has 0 amide bonds. The first kappa shape index (κ1) is 14.9. The van der Waals surface area contributed by atoms with Crippen molar-refractivity contribution in [1.82, 2.24) is 0 Å². The monoisotopic (exact) mass is 320 g/mol. The van der Waals surface area contributed by atoms with Gasteiger partial charge in [0, 0.05) is 17.7 Å². The summed E-state index contributed by atoms with van der Waals surface area (Å²) in [4.78, 5) is 11.2. The van der Waals surface area contributed by atoms with Crippen LogP contribution in [0.4, 0.5) is 11.4 Å². The topological polar surface area (TPSA) is 55.2 Å². The number of hydrogen-bond acceptors (Lipinski definition) is 3. The molecule has 0 radical (unpaired) electrons. The van der Waals surface area contributed by atoms with Crippen molar-refractivity contribution in [3.8, 4) is 0 Å². The van der Waals surface area contributed by atoms with E-state index in [4.69, 9.17) is 0 Å². The molecule has 4 nitrogen and oxygen atoms in total. The van der Waals surface area contributed by atoms with Gasteiger partial charge in [-0.15, -0.1) is 0 Å². The van der Waals surface area contributed by atoms with Gasteiger partial charge in [-0.05, 0) is 36.0 Å². The Balaban J connectivity index is 1.81. The number of nitro benzene ring substituents is 1. The van der Waals surface area contributed by atoms with Crippen LogP contribution in [0.15, 0.2) is 54.6 Å². The van der Waals surface area contributed by atoms with Crippen LogP contribution in [-0.4, -0.2) is 4.92 Å². The molecule has 0 aromatic heterocycles. The maximum Gasteiger partial charge on any atom is 0.274 e. The predicted molar refractivity (Wildman–Crippen MR) is 95.3 cm³/mol. The number of rotatable bonds is 3. The maximum atomic E-state index is 11.4. The second-order valence-corrected chi connectivity index (χ2v) is 6.57. The van der Waals surface area contributed by atoms with Crippen LogP contribution in [0.5, 0.6) is 0 Å². The first-order chi connectivity index (χ1) is 11.7. The molecule has 4 rings (SSSR count). The minimum atomic E-state index is -0.274. The van der Waals surface area contributed by atoms with E-state index in [2.05, 4.69) is 42.6 Å². The molecule has 2 aromatic rings. The fraction of sp³-hybridized carbons (Fsp3) is 0.300. The summed E-state index contributed by atoms with van der Waals surface area (Å²) < 4.78 is 0. The third-order valence-electron chi connectivity index (χ3n) is 5.30. The maximum absolute atomic E-state index is 11.4. The van der Waals surface area contributed by atoms with E-state index in [1.54, 1.807) is 12.1 Å². The fourth-order valence-corrected chi connectivity index (χ4v) is 4.09. The smallest absolute Gasteiger partial charge is 0.274 e. The second-order valence-electron chi connectivity index (χ2n) is 6.57. The first-order valence-corrected chi connectivity index (χ1v) is 8.48. The van der Waals surface area contributed by atoms with E-state index < -0.39 is 0 Å². The van der Waals surface area contributed by atoms with Crippen LogP contribution in [0.2, 0.25) is 0 Å². The Morgan fingerprint density at radius 3 is 2.83 bits per heavy atom. The quantitative estimate of drug-likeness (QED) is 0.493. The molecule has 1 N–H and O–H groups in total. The predicted octanol–water partition coefficient (Wildman–Crippen LogP) is 4.98. The van der Waals surface area contributed by atoms with Gasteiger partial charge < -0.3 is 5.32 Å². The van der Waals surface area contributed by atoms with Crippen LogP contribution in [-0.2, 0) is 6.42 Å². The summed E-state index contributed by atoms with van der Waals surface area (Å²) in [5.41, 5.74) is 4.74. The molecule has 0 bridgehead atoms. The summed E-state index contributed by atoms with van der Waals surface area (Å²) >= 11 is 0. The van der Waals surface area contributed by atoms with Crippen LogP contribution in [0.1, 0.15) is 42.0 Å². The second kappa shape index (κ2) is 5.78. The summed E-state index contributed by atoms with van der Waals surface area (Å²) in [5, 5.41) is 15.0. The van der Waals surface area contributed by atoms with Gasteiger partial charge in [-0.1, -0.05) is 49.4 Å². The Hall–Kier alpha value is -2.62. The van der Waals surface area contributed by atoms with Crippen LogP contribution in [0.25, 0.3) is 0 Å². The van der Waals surface area contributed by atoms with Crippen molar-refractivity contribution in [2.24, 2.45) is 5.92 Å². The van der Waals surface area contributed by atoms with E-state index in [1.807, 2.05) is 12.1 Å². The van der Waals surface area contributed by atoms with Crippen LogP contribution >= 0.6 is 0 Å². The van der Waals surface area contributed by atoms with E-state index in [-0.39, 0.29) is 16.7 Å². The molecule has 24 heavy (non-hydrogen) atoms. The summed E-state index contributed by atoms with van der Waals surface area (Å²) in [6, 6.07) is 13.6. The molecule has 0 saturated heterocycles. The molecule has 0 saturated carbocycles.